The number of anilines is 3. The van der Waals surface area contributed by atoms with E-state index in [2.05, 4.69) is 25.9 Å². The van der Waals surface area contributed by atoms with Crippen LogP contribution in [-0.4, -0.2) is 25.7 Å². The predicted octanol–water partition coefficient (Wildman–Crippen LogP) is 2.76. The molecule has 2 N–H and O–H groups in total. The van der Waals surface area contributed by atoms with Gasteiger partial charge in [-0.1, -0.05) is 0 Å². The molecule has 0 unspecified atom stereocenters. The number of amides is 1. The Morgan fingerprint density at radius 2 is 1.78 bits per heavy atom. The minimum Gasteiger partial charge on any atom is -0.339 e. The van der Waals surface area contributed by atoms with Gasteiger partial charge in [-0.2, -0.15) is 4.52 Å². The molecule has 3 rings (SSSR count). The lowest BCUT2D eigenvalue weighted by molar-refractivity contribution is -0.114. The van der Waals surface area contributed by atoms with Crippen molar-refractivity contribution in [2.24, 2.45) is 0 Å². The molecule has 0 bridgehead atoms. The Morgan fingerprint density at radius 1 is 1.09 bits per heavy atom. The van der Waals surface area contributed by atoms with E-state index in [-0.39, 0.29) is 11.6 Å². The normalized spacial score (nSPS) is 11.0. The van der Waals surface area contributed by atoms with Crippen molar-refractivity contribution in [1.82, 2.24) is 19.8 Å². The van der Waals surface area contributed by atoms with E-state index in [0.717, 1.165) is 4.52 Å². The fourth-order valence-electron chi connectivity index (χ4n) is 2.00. The summed E-state index contributed by atoms with van der Waals surface area (Å²) in [5.41, 5.74) is 1.59. The minimum atomic E-state index is -2.76. The minimum absolute atomic E-state index is 0.162. The van der Waals surface area contributed by atoms with Crippen LogP contribution < -0.4 is 10.6 Å². The lowest BCUT2D eigenvalue weighted by atomic mass is 10.2. The van der Waals surface area contributed by atoms with Crippen LogP contribution in [0.15, 0.2) is 36.4 Å². The van der Waals surface area contributed by atoms with Gasteiger partial charge in [0.25, 0.3) is 6.43 Å². The van der Waals surface area contributed by atoms with Gasteiger partial charge in [-0.3, -0.25) is 4.79 Å². The number of benzene rings is 1. The summed E-state index contributed by atoms with van der Waals surface area (Å²) in [7, 11) is 0. The third-order valence-corrected chi connectivity index (χ3v) is 2.96. The molecule has 0 atom stereocenters. The number of halogens is 2. The molecule has 2 aromatic heterocycles. The van der Waals surface area contributed by atoms with Crippen molar-refractivity contribution < 1.29 is 13.6 Å². The van der Waals surface area contributed by atoms with Gasteiger partial charge in [0, 0.05) is 18.3 Å². The van der Waals surface area contributed by atoms with Gasteiger partial charge in [0.15, 0.2) is 11.5 Å². The molecular formula is C14H12F2N6O. The molecule has 9 heteroatoms. The van der Waals surface area contributed by atoms with Crippen LogP contribution in [0.2, 0.25) is 0 Å². The Bertz CT molecular complexity index is 846. The first kappa shape index (κ1) is 14.8. The predicted molar refractivity (Wildman–Crippen MR) is 79.8 cm³/mol. The van der Waals surface area contributed by atoms with Crippen molar-refractivity contribution in [1.29, 1.82) is 0 Å². The summed E-state index contributed by atoms with van der Waals surface area (Å²) in [5, 5.41) is 16.7. The van der Waals surface area contributed by atoms with E-state index < -0.39 is 12.2 Å². The molecule has 118 valence electrons. The number of nitrogens with one attached hydrogen (secondary N) is 2. The van der Waals surface area contributed by atoms with Crippen LogP contribution in [0.5, 0.6) is 0 Å². The summed E-state index contributed by atoms with van der Waals surface area (Å²) in [4.78, 5) is 11.0. The van der Waals surface area contributed by atoms with Crippen LogP contribution in [-0.2, 0) is 4.79 Å². The number of fused-ring (bicyclic) bond motifs is 1. The van der Waals surface area contributed by atoms with E-state index in [1.807, 2.05) is 0 Å². The maximum Gasteiger partial charge on any atom is 0.299 e. The Kier molecular flexibility index (Phi) is 3.83. The molecule has 0 fully saturated rings. The molecule has 0 aliphatic carbocycles. The number of aromatic nitrogens is 4. The molecule has 0 aliphatic rings. The molecule has 23 heavy (non-hydrogen) atoms. The maximum absolute atomic E-state index is 12.8. The highest BCUT2D eigenvalue weighted by Gasteiger charge is 2.16. The Balaban J connectivity index is 1.83. The molecular weight excluding hydrogens is 306 g/mol. The fraction of sp³-hybridized carbons (Fsp3) is 0.143. The highest BCUT2D eigenvalue weighted by Crippen LogP contribution is 2.20. The van der Waals surface area contributed by atoms with E-state index in [1.165, 1.54) is 6.92 Å². The van der Waals surface area contributed by atoms with Crippen LogP contribution in [0.4, 0.5) is 26.0 Å². The van der Waals surface area contributed by atoms with Crippen molar-refractivity contribution in [2.75, 3.05) is 10.6 Å². The molecule has 0 saturated carbocycles. The number of nitrogens with zero attached hydrogens (tertiary/aromatic N) is 4. The first-order valence-corrected chi connectivity index (χ1v) is 6.68. The third kappa shape index (κ3) is 3.23. The Labute approximate surface area is 129 Å². The fourth-order valence-corrected chi connectivity index (χ4v) is 2.00. The van der Waals surface area contributed by atoms with Gasteiger partial charge in [-0.25, -0.2) is 8.78 Å². The van der Waals surface area contributed by atoms with Gasteiger partial charge in [-0.05, 0) is 36.4 Å². The number of carbonyl (C=O) groups is 1. The standard InChI is InChI=1S/C14H12F2N6O/c1-8(23)17-9-2-4-10(5-3-9)18-11-6-7-12-19-20-14(13(15)16)22(12)21-11/h2-7,13H,1H3,(H,17,23)(H,18,21). The molecule has 0 aliphatic heterocycles. The smallest absolute Gasteiger partial charge is 0.299 e. The van der Waals surface area contributed by atoms with E-state index in [9.17, 15) is 13.6 Å². The van der Waals surface area contributed by atoms with Crippen molar-refractivity contribution in [2.45, 2.75) is 13.3 Å². The van der Waals surface area contributed by atoms with E-state index in [0.29, 0.717) is 17.2 Å². The second-order valence-corrected chi connectivity index (χ2v) is 4.73. The lowest BCUT2D eigenvalue weighted by Crippen LogP contribution is -2.05. The molecule has 3 aromatic rings. The van der Waals surface area contributed by atoms with Crippen LogP contribution >= 0.6 is 0 Å². The van der Waals surface area contributed by atoms with Gasteiger partial charge in [-0.15, -0.1) is 15.3 Å². The highest BCUT2D eigenvalue weighted by atomic mass is 19.3. The second-order valence-electron chi connectivity index (χ2n) is 4.73. The quantitative estimate of drug-likeness (QED) is 0.773. The number of rotatable bonds is 4. The number of alkyl halides is 2. The van der Waals surface area contributed by atoms with E-state index >= 15 is 0 Å². The Hall–Kier alpha value is -3.10. The van der Waals surface area contributed by atoms with Crippen LogP contribution in [0.3, 0.4) is 0 Å². The SMILES string of the molecule is CC(=O)Nc1ccc(Nc2ccc3nnc(C(F)F)n3n2)cc1. The summed E-state index contributed by atoms with van der Waals surface area (Å²) >= 11 is 0. The third-order valence-electron chi connectivity index (χ3n) is 2.96. The van der Waals surface area contributed by atoms with Crippen molar-refractivity contribution >= 4 is 28.7 Å². The topological polar surface area (TPSA) is 84.2 Å². The average Bonchev–Trinajstić information content (AvgIpc) is 2.92. The monoisotopic (exact) mass is 318 g/mol. The maximum atomic E-state index is 12.8. The largest absolute Gasteiger partial charge is 0.339 e. The zero-order valence-corrected chi connectivity index (χ0v) is 12.0. The summed E-state index contributed by atoms with van der Waals surface area (Å²) in [6.45, 7) is 1.42. The molecule has 2 heterocycles. The lowest BCUT2D eigenvalue weighted by Gasteiger charge is -2.07. The first-order valence-electron chi connectivity index (χ1n) is 6.68. The molecule has 0 spiro atoms. The molecule has 7 nitrogen and oxygen atoms in total. The van der Waals surface area contributed by atoms with E-state index in [1.54, 1.807) is 36.4 Å². The van der Waals surface area contributed by atoms with Gasteiger partial charge < -0.3 is 10.6 Å². The van der Waals surface area contributed by atoms with Crippen LogP contribution in [0.25, 0.3) is 5.65 Å². The molecule has 1 aromatic carbocycles. The van der Waals surface area contributed by atoms with Crippen LogP contribution in [0.1, 0.15) is 19.2 Å². The zero-order chi connectivity index (χ0) is 16.4. The summed E-state index contributed by atoms with van der Waals surface area (Å²) in [6, 6.07) is 10.0. The molecule has 0 radical (unpaired) electrons. The molecule has 1 amide bonds. The summed E-state index contributed by atoms with van der Waals surface area (Å²) < 4.78 is 26.6. The van der Waals surface area contributed by atoms with E-state index in [4.69, 9.17) is 0 Å². The first-order chi connectivity index (χ1) is 11.0. The number of carbonyl (C=O) groups excluding carboxylic acids is 1. The van der Waals surface area contributed by atoms with Gasteiger partial charge in [0.1, 0.15) is 0 Å². The second kappa shape index (κ2) is 5.95. The summed E-state index contributed by atoms with van der Waals surface area (Å²) in [6.07, 6.45) is -2.76. The van der Waals surface area contributed by atoms with Gasteiger partial charge in [0.2, 0.25) is 11.7 Å². The zero-order valence-electron chi connectivity index (χ0n) is 12.0. The number of hydrogen-bond acceptors (Lipinski definition) is 5. The average molecular weight is 318 g/mol. The molecule has 0 saturated heterocycles. The van der Waals surface area contributed by atoms with Crippen molar-refractivity contribution in [3.8, 4) is 0 Å². The van der Waals surface area contributed by atoms with Crippen molar-refractivity contribution in [3.63, 3.8) is 0 Å². The highest BCUT2D eigenvalue weighted by molar-refractivity contribution is 5.88. The van der Waals surface area contributed by atoms with Gasteiger partial charge >= 0.3 is 0 Å². The van der Waals surface area contributed by atoms with Crippen molar-refractivity contribution in [3.05, 3.63) is 42.2 Å². The summed E-state index contributed by atoms with van der Waals surface area (Å²) in [5.74, 6) is -0.305. The van der Waals surface area contributed by atoms with Crippen LogP contribution in [0, 0.1) is 0 Å². The van der Waals surface area contributed by atoms with Gasteiger partial charge in [0.05, 0.1) is 0 Å². The number of hydrogen-bond donors (Lipinski definition) is 2. The Morgan fingerprint density at radius 3 is 2.43 bits per heavy atom.